The number of aryl methyl sites for hydroxylation is 2. The van der Waals surface area contributed by atoms with Crippen molar-refractivity contribution in [3.8, 4) is 0 Å². The minimum absolute atomic E-state index is 0.104. The zero-order valence-electron chi connectivity index (χ0n) is 10.2. The van der Waals surface area contributed by atoms with Crippen LogP contribution in [0.2, 0.25) is 0 Å². The van der Waals surface area contributed by atoms with Gasteiger partial charge in [-0.1, -0.05) is 18.2 Å². The van der Waals surface area contributed by atoms with E-state index >= 15 is 0 Å². The Morgan fingerprint density at radius 2 is 2.06 bits per heavy atom. The van der Waals surface area contributed by atoms with Crippen molar-refractivity contribution in [1.29, 1.82) is 0 Å². The number of hydrogen-bond acceptors (Lipinski definition) is 2. The standard InChI is InChI=1S/C15H16BrNS/c16-15-8-13(9-18-15)14(17)7-10-4-5-11-2-1-3-12(11)6-10/h4-6,8-9,14H,1-3,7,17H2. The molecule has 1 aliphatic carbocycles. The van der Waals surface area contributed by atoms with E-state index in [2.05, 4.69) is 45.6 Å². The summed E-state index contributed by atoms with van der Waals surface area (Å²) in [6.07, 6.45) is 4.72. The van der Waals surface area contributed by atoms with Crippen LogP contribution in [-0.2, 0) is 19.3 Å². The molecular formula is C15H16BrNS. The summed E-state index contributed by atoms with van der Waals surface area (Å²) < 4.78 is 1.15. The number of thiophene rings is 1. The van der Waals surface area contributed by atoms with Crippen molar-refractivity contribution in [2.75, 3.05) is 0 Å². The summed E-state index contributed by atoms with van der Waals surface area (Å²) in [7, 11) is 0. The molecule has 94 valence electrons. The van der Waals surface area contributed by atoms with E-state index in [0.717, 1.165) is 10.2 Å². The maximum atomic E-state index is 6.27. The zero-order chi connectivity index (χ0) is 12.5. The third kappa shape index (κ3) is 2.53. The molecule has 0 spiro atoms. The lowest BCUT2D eigenvalue weighted by Crippen LogP contribution is -2.12. The van der Waals surface area contributed by atoms with Gasteiger partial charge in [-0.25, -0.2) is 0 Å². The number of halogens is 1. The van der Waals surface area contributed by atoms with Gasteiger partial charge in [0.25, 0.3) is 0 Å². The number of nitrogens with two attached hydrogens (primary N) is 1. The van der Waals surface area contributed by atoms with Crippen molar-refractivity contribution in [1.82, 2.24) is 0 Å². The van der Waals surface area contributed by atoms with E-state index in [0.29, 0.717) is 0 Å². The Morgan fingerprint density at radius 3 is 2.83 bits per heavy atom. The van der Waals surface area contributed by atoms with Crippen molar-refractivity contribution in [3.05, 3.63) is 55.7 Å². The molecule has 0 saturated heterocycles. The second-order valence-corrected chi connectivity index (χ2v) is 7.24. The molecule has 1 atom stereocenters. The van der Waals surface area contributed by atoms with E-state index in [4.69, 9.17) is 5.73 Å². The molecule has 0 bridgehead atoms. The first-order valence-electron chi connectivity index (χ1n) is 6.32. The fourth-order valence-corrected chi connectivity index (χ4v) is 3.88. The summed E-state index contributed by atoms with van der Waals surface area (Å²) in [5.74, 6) is 0. The first-order chi connectivity index (χ1) is 8.72. The number of benzene rings is 1. The molecule has 1 aromatic heterocycles. The van der Waals surface area contributed by atoms with Gasteiger partial charge in [0.1, 0.15) is 0 Å². The molecule has 1 aromatic carbocycles. The Labute approximate surface area is 120 Å². The van der Waals surface area contributed by atoms with E-state index in [-0.39, 0.29) is 6.04 Å². The van der Waals surface area contributed by atoms with E-state index in [9.17, 15) is 0 Å². The zero-order valence-corrected chi connectivity index (χ0v) is 12.6. The van der Waals surface area contributed by atoms with Crippen LogP contribution < -0.4 is 5.73 Å². The molecule has 1 nitrogen and oxygen atoms in total. The van der Waals surface area contributed by atoms with Crippen LogP contribution in [0.4, 0.5) is 0 Å². The predicted octanol–water partition coefficient (Wildman–Crippen LogP) is 4.24. The largest absolute Gasteiger partial charge is 0.324 e. The predicted molar refractivity (Wildman–Crippen MR) is 81.1 cm³/mol. The smallest absolute Gasteiger partial charge is 0.0701 e. The highest BCUT2D eigenvalue weighted by Crippen LogP contribution is 2.28. The van der Waals surface area contributed by atoms with Crippen LogP contribution in [0.1, 0.15) is 34.7 Å². The summed E-state index contributed by atoms with van der Waals surface area (Å²) in [5, 5.41) is 2.14. The van der Waals surface area contributed by atoms with Gasteiger partial charge in [-0.3, -0.25) is 0 Å². The summed E-state index contributed by atoms with van der Waals surface area (Å²) in [6.45, 7) is 0. The van der Waals surface area contributed by atoms with E-state index in [1.807, 2.05) is 0 Å². The van der Waals surface area contributed by atoms with Gasteiger partial charge < -0.3 is 5.73 Å². The average molecular weight is 322 g/mol. The van der Waals surface area contributed by atoms with Gasteiger partial charge in [0.05, 0.1) is 3.79 Å². The molecule has 0 radical (unpaired) electrons. The van der Waals surface area contributed by atoms with Crippen LogP contribution in [0.3, 0.4) is 0 Å². The van der Waals surface area contributed by atoms with E-state index < -0.39 is 0 Å². The van der Waals surface area contributed by atoms with Gasteiger partial charge in [-0.05, 0) is 75.3 Å². The molecule has 1 heterocycles. The number of rotatable bonds is 3. The molecule has 3 rings (SSSR count). The summed E-state index contributed by atoms with van der Waals surface area (Å²) >= 11 is 5.19. The van der Waals surface area contributed by atoms with Crippen LogP contribution in [0.5, 0.6) is 0 Å². The number of hydrogen-bond donors (Lipinski definition) is 1. The Bertz CT molecular complexity index is 561. The minimum Gasteiger partial charge on any atom is -0.324 e. The second-order valence-electron chi connectivity index (χ2n) is 4.95. The van der Waals surface area contributed by atoms with Gasteiger partial charge in [0.15, 0.2) is 0 Å². The topological polar surface area (TPSA) is 26.0 Å². The van der Waals surface area contributed by atoms with Crippen molar-refractivity contribution in [3.63, 3.8) is 0 Å². The molecule has 2 N–H and O–H groups in total. The molecule has 0 saturated carbocycles. The summed E-state index contributed by atoms with van der Waals surface area (Å²) in [5.41, 5.74) is 11.9. The second kappa shape index (κ2) is 5.16. The average Bonchev–Trinajstić information content (AvgIpc) is 2.96. The normalized spacial score (nSPS) is 15.7. The van der Waals surface area contributed by atoms with Crippen molar-refractivity contribution in [2.45, 2.75) is 31.7 Å². The monoisotopic (exact) mass is 321 g/mol. The molecule has 3 heteroatoms. The Morgan fingerprint density at radius 1 is 1.22 bits per heavy atom. The SMILES string of the molecule is NC(Cc1ccc2c(c1)CCC2)c1csc(Br)c1. The van der Waals surface area contributed by atoms with Crippen LogP contribution in [0.15, 0.2) is 33.4 Å². The van der Waals surface area contributed by atoms with Crippen molar-refractivity contribution >= 4 is 27.3 Å². The van der Waals surface area contributed by atoms with E-state index in [1.54, 1.807) is 11.3 Å². The molecule has 18 heavy (non-hydrogen) atoms. The maximum absolute atomic E-state index is 6.27. The Kier molecular flexibility index (Phi) is 3.55. The molecule has 0 aliphatic heterocycles. The molecule has 1 aliphatic rings. The lowest BCUT2D eigenvalue weighted by molar-refractivity contribution is 0.724. The Hall–Kier alpha value is -0.640. The lowest BCUT2D eigenvalue weighted by atomic mass is 9.99. The van der Waals surface area contributed by atoms with Crippen LogP contribution >= 0.6 is 27.3 Å². The third-order valence-electron chi connectivity index (χ3n) is 3.63. The Balaban J connectivity index is 1.76. The van der Waals surface area contributed by atoms with Gasteiger partial charge >= 0.3 is 0 Å². The van der Waals surface area contributed by atoms with Gasteiger partial charge in [-0.2, -0.15) is 0 Å². The quantitative estimate of drug-likeness (QED) is 0.898. The van der Waals surface area contributed by atoms with Crippen LogP contribution in [0, 0.1) is 0 Å². The molecule has 1 unspecified atom stereocenters. The fourth-order valence-electron chi connectivity index (χ4n) is 2.64. The first-order valence-corrected chi connectivity index (χ1v) is 8.00. The maximum Gasteiger partial charge on any atom is 0.0701 e. The lowest BCUT2D eigenvalue weighted by Gasteiger charge is -2.11. The molecule has 2 aromatic rings. The third-order valence-corrected chi connectivity index (χ3v) is 5.16. The van der Waals surface area contributed by atoms with Crippen molar-refractivity contribution < 1.29 is 0 Å². The van der Waals surface area contributed by atoms with Gasteiger partial charge in [0, 0.05) is 6.04 Å². The minimum atomic E-state index is 0.104. The summed E-state index contributed by atoms with van der Waals surface area (Å²) in [6, 6.07) is 9.11. The molecular weight excluding hydrogens is 306 g/mol. The molecule has 0 amide bonds. The fraction of sp³-hybridized carbons (Fsp3) is 0.333. The summed E-state index contributed by atoms with van der Waals surface area (Å²) in [4.78, 5) is 0. The van der Waals surface area contributed by atoms with Crippen LogP contribution in [0.25, 0.3) is 0 Å². The first kappa shape index (κ1) is 12.4. The van der Waals surface area contributed by atoms with Crippen molar-refractivity contribution in [2.24, 2.45) is 5.73 Å². The molecule has 0 fully saturated rings. The highest BCUT2D eigenvalue weighted by molar-refractivity contribution is 9.11. The highest BCUT2D eigenvalue weighted by Gasteiger charge is 2.13. The van der Waals surface area contributed by atoms with E-state index in [1.165, 1.54) is 41.5 Å². The van der Waals surface area contributed by atoms with Gasteiger partial charge in [0.2, 0.25) is 0 Å². The van der Waals surface area contributed by atoms with Crippen LogP contribution in [-0.4, -0.2) is 0 Å². The van der Waals surface area contributed by atoms with Gasteiger partial charge in [-0.15, -0.1) is 11.3 Å². The number of fused-ring (bicyclic) bond motifs is 1. The highest BCUT2D eigenvalue weighted by atomic mass is 79.9.